The van der Waals surface area contributed by atoms with E-state index in [9.17, 15) is 19.6 Å². The van der Waals surface area contributed by atoms with E-state index in [1.165, 1.54) is 10.8 Å². The monoisotopic (exact) mass is 459 g/mol. The van der Waals surface area contributed by atoms with Crippen LogP contribution in [0.25, 0.3) is 0 Å². The lowest BCUT2D eigenvalue weighted by Gasteiger charge is -2.21. The van der Waals surface area contributed by atoms with E-state index in [-0.39, 0.29) is 18.2 Å². The van der Waals surface area contributed by atoms with Crippen LogP contribution >= 0.6 is 0 Å². The van der Waals surface area contributed by atoms with Gasteiger partial charge in [0.05, 0.1) is 11.1 Å². The van der Waals surface area contributed by atoms with Crippen molar-refractivity contribution in [1.29, 1.82) is 5.26 Å². The summed E-state index contributed by atoms with van der Waals surface area (Å²) < 4.78 is 24.1. The minimum Gasteiger partial charge on any atom is -0.459 e. The molecule has 0 unspecified atom stereocenters. The number of ether oxygens (including phenoxy) is 4. The van der Waals surface area contributed by atoms with Crippen molar-refractivity contribution in [3.63, 3.8) is 0 Å². The van der Waals surface area contributed by atoms with Crippen molar-refractivity contribution >= 4 is 11.9 Å². The van der Waals surface area contributed by atoms with Crippen LogP contribution in [0.3, 0.4) is 0 Å². The summed E-state index contributed by atoms with van der Waals surface area (Å²) in [4.78, 5) is 40.7. The predicted molar refractivity (Wildman–Crippen MR) is 114 cm³/mol. The number of hydrogen-bond acceptors (Lipinski definition) is 9. The number of aromatic nitrogens is 2. The Labute approximate surface area is 192 Å². The van der Waals surface area contributed by atoms with Crippen molar-refractivity contribution in [2.45, 2.75) is 24.0 Å². The van der Waals surface area contributed by atoms with Gasteiger partial charge >= 0.3 is 17.9 Å². The van der Waals surface area contributed by atoms with Gasteiger partial charge in [-0.25, -0.2) is 9.59 Å². The lowest BCUT2D eigenvalue weighted by atomic mass is 10.0. The third kappa shape index (κ3) is 3.58. The summed E-state index contributed by atoms with van der Waals surface area (Å²) in [5.74, 6) is -1.28. The standard InChI is InChI=1S/C24H17N3O7/c25-14-24-20(33-23-26-18(28)11-12-27(23)24)19(32-22(30)16-9-5-2-6-10-16)17(34-24)13-31-21(29)15-7-3-1-4-8-15/h1-12,17,19-20H,13H2/t17-,19-,20+,24-/m1/s1. The Morgan fingerprint density at radius 1 is 1.03 bits per heavy atom. The maximum atomic E-state index is 12.8. The van der Waals surface area contributed by atoms with Crippen LogP contribution in [0.1, 0.15) is 20.7 Å². The first-order chi connectivity index (χ1) is 16.5. The van der Waals surface area contributed by atoms with Gasteiger partial charge in [0, 0.05) is 12.3 Å². The van der Waals surface area contributed by atoms with Crippen LogP contribution in [0, 0.1) is 11.3 Å². The fourth-order valence-electron chi connectivity index (χ4n) is 3.95. The molecule has 1 saturated heterocycles. The summed E-state index contributed by atoms with van der Waals surface area (Å²) in [6.45, 7) is -0.313. The normalized spacial score (nSPS) is 24.3. The van der Waals surface area contributed by atoms with E-state index in [1.807, 2.05) is 6.07 Å². The first kappa shape index (κ1) is 21.4. The highest BCUT2D eigenvalue weighted by atomic mass is 16.7. The minimum atomic E-state index is -1.78. The number of nitriles is 1. The zero-order valence-electron chi connectivity index (χ0n) is 17.6. The van der Waals surface area contributed by atoms with Crippen LogP contribution in [0.4, 0.5) is 0 Å². The minimum absolute atomic E-state index is 0.139. The number of benzene rings is 2. The first-order valence-electron chi connectivity index (χ1n) is 10.4. The molecule has 2 aliphatic rings. The van der Waals surface area contributed by atoms with E-state index in [1.54, 1.807) is 60.7 Å². The van der Waals surface area contributed by atoms with Crippen molar-refractivity contribution < 1.29 is 28.5 Å². The molecular weight excluding hydrogens is 442 g/mol. The zero-order chi connectivity index (χ0) is 23.7. The van der Waals surface area contributed by atoms with Gasteiger partial charge < -0.3 is 18.9 Å². The highest BCUT2D eigenvalue weighted by Gasteiger charge is 2.65. The number of carbonyl (C=O) groups excluding carboxylic acids is 2. The Balaban J connectivity index is 1.45. The Hall–Kier alpha value is -4.49. The Kier molecular flexibility index (Phi) is 5.31. The molecule has 0 saturated carbocycles. The average Bonchev–Trinajstić information content (AvgIpc) is 3.34. The van der Waals surface area contributed by atoms with Crippen LogP contribution in [0.15, 0.2) is 77.7 Å². The molecule has 5 rings (SSSR count). The van der Waals surface area contributed by atoms with Gasteiger partial charge in [-0.15, -0.1) is 0 Å². The van der Waals surface area contributed by atoms with Crippen LogP contribution in [-0.4, -0.2) is 46.4 Å². The topological polar surface area (TPSA) is 130 Å². The molecular formula is C24H17N3O7. The number of esters is 2. The molecule has 3 aromatic rings. The fraction of sp³-hybridized carbons (Fsp3) is 0.208. The molecule has 0 aliphatic carbocycles. The predicted octanol–water partition coefficient (Wildman–Crippen LogP) is 1.66. The van der Waals surface area contributed by atoms with Crippen molar-refractivity contribution in [2.75, 3.05) is 6.61 Å². The summed E-state index contributed by atoms with van der Waals surface area (Å²) in [7, 11) is 0. The number of hydrogen-bond donors (Lipinski definition) is 0. The molecule has 0 spiro atoms. The average molecular weight is 459 g/mol. The van der Waals surface area contributed by atoms with Crippen LogP contribution in [0.2, 0.25) is 0 Å². The fourth-order valence-corrected chi connectivity index (χ4v) is 3.95. The van der Waals surface area contributed by atoms with Crippen LogP contribution < -0.4 is 10.3 Å². The summed E-state index contributed by atoms with van der Waals surface area (Å²) in [6, 6.07) is 19.7. The van der Waals surface area contributed by atoms with E-state index in [0.29, 0.717) is 5.56 Å². The van der Waals surface area contributed by atoms with Crippen molar-refractivity contribution in [2.24, 2.45) is 0 Å². The molecule has 34 heavy (non-hydrogen) atoms. The molecule has 0 radical (unpaired) electrons. The van der Waals surface area contributed by atoms with Crippen molar-refractivity contribution in [3.05, 3.63) is 94.4 Å². The zero-order valence-corrected chi connectivity index (χ0v) is 17.6. The molecule has 0 N–H and O–H groups in total. The van der Waals surface area contributed by atoms with Gasteiger partial charge in [0.2, 0.25) is 6.10 Å². The largest absolute Gasteiger partial charge is 0.459 e. The Morgan fingerprint density at radius 3 is 2.32 bits per heavy atom. The number of rotatable bonds is 5. The van der Waals surface area contributed by atoms with Gasteiger partial charge in [0.15, 0.2) is 6.10 Å². The van der Waals surface area contributed by atoms with Crippen molar-refractivity contribution in [1.82, 2.24) is 9.55 Å². The number of carbonyl (C=O) groups is 2. The van der Waals surface area contributed by atoms with E-state index in [4.69, 9.17) is 18.9 Å². The third-order valence-electron chi connectivity index (χ3n) is 5.55. The summed E-state index contributed by atoms with van der Waals surface area (Å²) in [6.07, 6.45) is -2.01. The second-order valence-corrected chi connectivity index (χ2v) is 7.62. The van der Waals surface area contributed by atoms with Gasteiger partial charge in [-0.3, -0.25) is 9.36 Å². The summed E-state index contributed by atoms with van der Waals surface area (Å²) in [5, 5.41) is 10.1. The lowest BCUT2D eigenvalue weighted by Crippen LogP contribution is -2.44. The molecule has 10 heteroatoms. The summed E-state index contributed by atoms with van der Waals surface area (Å²) in [5.41, 5.74) is -1.73. The van der Waals surface area contributed by atoms with Gasteiger partial charge in [-0.05, 0) is 24.3 Å². The highest BCUT2D eigenvalue weighted by Crippen LogP contribution is 2.45. The SMILES string of the molecule is N#C[C@@]12O[C@H](COC(=O)c3ccccc3)[C@@H](OC(=O)c3ccccc3)[C@@H]1Oc1nc(=O)ccn12. The maximum absolute atomic E-state index is 12.8. The van der Waals surface area contributed by atoms with E-state index >= 15 is 0 Å². The first-order valence-corrected chi connectivity index (χ1v) is 10.4. The molecule has 0 amide bonds. The summed E-state index contributed by atoms with van der Waals surface area (Å²) >= 11 is 0. The van der Waals surface area contributed by atoms with E-state index < -0.39 is 41.5 Å². The molecule has 4 atom stereocenters. The third-order valence-corrected chi connectivity index (χ3v) is 5.55. The molecule has 0 bridgehead atoms. The quantitative estimate of drug-likeness (QED) is 0.523. The smallest absolute Gasteiger partial charge is 0.338 e. The number of nitrogens with zero attached hydrogens (tertiary/aromatic N) is 3. The van der Waals surface area contributed by atoms with E-state index in [0.717, 1.165) is 6.07 Å². The molecule has 1 aromatic heterocycles. The van der Waals surface area contributed by atoms with Crippen molar-refractivity contribution in [3.8, 4) is 12.1 Å². The lowest BCUT2D eigenvalue weighted by molar-refractivity contribution is -0.0876. The number of fused-ring (bicyclic) bond motifs is 3. The highest BCUT2D eigenvalue weighted by molar-refractivity contribution is 5.90. The maximum Gasteiger partial charge on any atom is 0.338 e. The van der Waals surface area contributed by atoms with Gasteiger partial charge in [0.25, 0.3) is 11.3 Å². The Morgan fingerprint density at radius 2 is 1.68 bits per heavy atom. The molecule has 10 nitrogen and oxygen atoms in total. The Bertz CT molecular complexity index is 1340. The molecule has 2 aliphatic heterocycles. The molecule has 3 heterocycles. The van der Waals surface area contributed by atoms with E-state index in [2.05, 4.69) is 4.98 Å². The second-order valence-electron chi connectivity index (χ2n) is 7.62. The second kappa shape index (κ2) is 8.46. The van der Waals surface area contributed by atoms with Gasteiger partial charge in [0.1, 0.15) is 18.8 Å². The van der Waals surface area contributed by atoms with Crippen LogP contribution in [0.5, 0.6) is 6.01 Å². The van der Waals surface area contributed by atoms with Gasteiger partial charge in [-0.2, -0.15) is 10.2 Å². The molecule has 170 valence electrons. The van der Waals surface area contributed by atoms with Crippen LogP contribution in [-0.2, 0) is 19.9 Å². The molecule has 2 aromatic carbocycles. The molecule has 1 fully saturated rings. The van der Waals surface area contributed by atoms with Gasteiger partial charge in [-0.1, -0.05) is 36.4 Å².